The summed E-state index contributed by atoms with van der Waals surface area (Å²) in [5, 5.41) is 0. The van der Waals surface area contributed by atoms with Crippen LogP contribution in [0.4, 0.5) is 0 Å². The lowest BCUT2D eigenvalue weighted by Crippen LogP contribution is -2.35. The van der Waals surface area contributed by atoms with Gasteiger partial charge in [0.1, 0.15) is 5.60 Å². The Morgan fingerprint density at radius 1 is 1.19 bits per heavy atom. The van der Waals surface area contributed by atoms with Crippen LogP contribution in [0, 0.1) is 11.8 Å². The first-order valence-electron chi connectivity index (χ1n) is 6.21. The molecule has 0 amide bonds. The van der Waals surface area contributed by atoms with Gasteiger partial charge in [0.2, 0.25) is 0 Å². The molecule has 2 N–H and O–H groups in total. The lowest BCUT2D eigenvalue weighted by Gasteiger charge is -2.33. The summed E-state index contributed by atoms with van der Waals surface area (Å²) in [4.78, 5) is 11.5. The number of ether oxygens (including phenoxy) is 1. The number of hydrogen-bond acceptors (Lipinski definition) is 3. The highest BCUT2D eigenvalue weighted by Crippen LogP contribution is 2.28. The normalized spacial score (nSPS) is 12.2. The zero-order valence-electron chi connectivity index (χ0n) is 11.4. The highest BCUT2D eigenvalue weighted by atomic mass is 16.6. The van der Waals surface area contributed by atoms with Crippen molar-refractivity contribution in [3.05, 3.63) is 0 Å². The van der Waals surface area contributed by atoms with Crippen molar-refractivity contribution in [2.75, 3.05) is 6.54 Å². The van der Waals surface area contributed by atoms with Gasteiger partial charge in [-0.05, 0) is 31.6 Å². The third-order valence-electron chi connectivity index (χ3n) is 2.39. The summed E-state index contributed by atoms with van der Waals surface area (Å²) in [5.41, 5.74) is 5.01. The van der Waals surface area contributed by atoms with E-state index in [0.29, 0.717) is 24.8 Å². The standard InChI is InChI=1S/C13H27NO2/c1-10(2)8-13(5,9-11(3)4)16-12(15)6-7-14/h10-11H,6-9,14H2,1-5H3. The average molecular weight is 229 g/mol. The van der Waals surface area contributed by atoms with Crippen molar-refractivity contribution < 1.29 is 9.53 Å². The number of hydrogen-bond donors (Lipinski definition) is 1. The molecule has 0 spiro atoms. The minimum absolute atomic E-state index is 0.175. The molecule has 0 aliphatic heterocycles. The van der Waals surface area contributed by atoms with E-state index in [1.54, 1.807) is 0 Å². The number of carbonyl (C=O) groups is 1. The van der Waals surface area contributed by atoms with Gasteiger partial charge in [-0.2, -0.15) is 0 Å². The molecule has 3 nitrogen and oxygen atoms in total. The van der Waals surface area contributed by atoms with Gasteiger partial charge in [-0.25, -0.2) is 0 Å². The van der Waals surface area contributed by atoms with Crippen LogP contribution < -0.4 is 5.73 Å². The van der Waals surface area contributed by atoms with E-state index in [4.69, 9.17) is 10.5 Å². The van der Waals surface area contributed by atoms with E-state index in [-0.39, 0.29) is 11.6 Å². The Morgan fingerprint density at radius 2 is 1.62 bits per heavy atom. The molecule has 0 rings (SSSR count). The maximum absolute atomic E-state index is 11.5. The van der Waals surface area contributed by atoms with Gasteiger partial charge < -0.3 is 10.5 Å². The van der Waals surface area contributed by atoms with Crippen LogP contribution in [0.3, 0.4) is 0 Å². The van der Waals surface area contributed by atoms with E-state index in [1.165, 1.54) is 0 Å². The van der Waals surface area contributed by atoms with E-state index in [0.717, 1.165) is 12.8 Å². The van der Waals surface area contributed by atoms with Crippen LogP contribution in [0.1, 0.15) is 53.9 Å². The van der Waals surface area contributed by atoms with Gasteiger partial charge in [0, 0.05) is 6.54 Å². The fourth-order valence-electron chi connectivity index (χ4n) is 2.34. The topological polar surface area (TPSA) is 52.3 Å². The summed E-state index contributed by atoms with van der Waals surface area (Å²) in [6, 6.07) is 0. The van der Waals surface area contributed by atoms with Crippen LogP contribution >= 0.6 is 0 Å². The Labute approximate surface area is 99.7 Å². The van der Waals surface area contributed by atoms with Crippen LogP contribution in [0.2, 0.25) is 0 Å². The van der Waals surface area contributed by atoms with Crippen molar-refractivity contribution >= 4 is 5.97 Å². The van der Waals surface area contributed by atoms with E-state index >= 15 is 0 Å². The quantitative estimate of drug-likeness (QED) is 0.683. The summed E-state index contributed by atoms with van der Waals surface area (Å²) in [5.74, 6) is 0.871. The molecule has 0 aromatic heterocycles. The summed E-state index contributed by atoms with van der Waals surface area (Å²) in [7, 11) is 0. The van der Waals surface area contributed by atoms with E-state index < -0.39 is 0 Å². The van der Waals surface area contributed by atoms with Gasteiger partial charge in [-0.1, -0.05) is 27.7 Å². The lowest BCUT2D eigenvalue weighted by molar-refractivity contribution is -0.161. The number of carbonyl (C=O) groups excluding carboxylic acids is 1. The summed E-state index contributed by atoms with van der Waals surface area (Å²) >= 11 is 0. The molecule has 0 saturated heterocycles. The maximum atomic E-state index is 11.5. The number of nitrogens with two attached hydrogens (primary N) is 1. The summed E-state index contributed by atoms with van der Waals surface area (Å²) < 4.78 is 5.58. The molecular weight excluding hydrogens is 202 g/mol. The molecule has 0 aliphatic carbocycles. The fraction of sp³-hybridized carbons (Fsp3) is 0.923. The second-order valence-electron chi connectivity index (χ2n) is 5.66. The fourth-order valence-corrected chi connectivity index (χ4v) is 2.34. The van der Waals surface area contributed by atoms with Crippen LogP contribution in [-0.4, -0.2) is 18.1 Å². The van der Waals surface area contributed by atoms with E-state index in [9.17, 15) is 4.79 Å². The van der Waals surface area contributed by atoms with E-state index in [1.807, 2.05) is 6.92 Å². The Hall–Kier alpha value is -0.570. The highest BCUT2D eigenvalue weighted by molar-refractivity contribution is 5.70. The second kappa shape index (κ2) is 6.89. The first-order chi connectivity index (χ1) is 7.29. The van der Waals surface area contributed by atoms with Crippen LogP contribution in [0.25, 0.3) is 0 Å². The van der Waals surface area contributed by atoms with Gasteiger partial charge >= 0.3 is 5.97 Å². The predicted octanol–water partition coefficient (Wildman–Crippen LogP) is 2.73. The Bertz CT molecular complexity index is 202. The Morgan fingerprint density at radius 3 is 1.94 bits per heavy atom. The third kappa shape index (κ3) is 6.83. The Kier molecular flexibility index (Phi) is 6.65. The third-order valence-corrected chi connectivity index (χ3v) is 2.39. The van der Waals surface area contributed by atoms with E-state index in [2.05, 4.69) is 27.7 Å². The van der Waals surface area contributed by atoms with Gasteiger partial charge in [-0.15, -0.1) is 0 Å². The van der Waals surface area contributed by atoms with Gasteiger partial charge in [0.05, 0.1) is 6.42 Å². The molecule has 16 heavy (non-hydrogen) atoms. The molecular formula is C13H27NO2. The average Bonchev–Trinajstić information content (AvgIpc) is 1.98. The maximum Gasteiger partial charge on any atom is 0.307 e. The summed E-state index contributed by atoms with van der Waals surface area (Å²) in [6.45, 7) is 11.0. The zero-order chi connectivity index (χ0) is 12.8. The molecule has 0 aromatic rings. The molecule has 0 bridgehead atoms. The van der Waals surface area contributed by atoms with Crippen molar-refractivity contribution in [2.45, 2.75) is 59.5 Å². The van der Waals surface area contributed by atoms with Gasteiger partial charge in [-0.3, -0.25) is 4.79 Å². The smallest absolute Gasteiger partial charge is 0.307 e. The second-order valence-corrected chi connectivity index (χ2v) is 5.66. The molecule has 0 atom stereocenters. The van der Waals surface area contributed by atoms with Crippen LogP contribution in [0.5, 0.6) is 0 Å². The van der Waals surface area contributed by atoms with Crippen LogP contribution in [-0.2, 0) is 9.53 Å². The molecule has 0 aromatic carbocycles. The lowest BCUT2D eigenvalue weighted by atomic mass is 9.86. The monoisotopic (exact) mass is 229 g/mol. The number of rotatable bonds is 7. The SMILES string of the molecule is CC(C)CC(C)(CC(C)C)OC(=O)CCN. The summed E-state index contributed by atoms with van der Waals surface area (Å²) in [6.07, 6.45) is 2.12. The largest absolute Gasteiger partial charge is 0.459 e. The number of esters is 1. The minimum atomic E-state index is -0.339. The molecule has 96 valence electrons. The molecule has 0 fully saturated rings. The molecule has 3 heteroatoms. The van der Waals surface area contributed by atoms with Crippen LogP contribution in [0.15, 0.2) is 0 Å². The minimum Gasteiger partial charge on any atom is -0.459 e. The zero-order valence-corrected chi connectivity index (χ0v) is 11.4. The highest BCUT2D eigenvalue weighted by Gasteiger charge is 2.30. The van der Waals surface area contributed by atoms with Gasteiger partial charge in [0.15, 0.2) is 0 Å². The first kappa shape index (κ1) is 15.4. The molecule has 0 radical (unpaired) electrons. The van der Waals surface area contributed by atoms with Crippen molar-refractivity contribution in [1.29, 1.82) is 0 Å². The van der Waals surface area contributed by atoms with Crippen molar-refractivity contribution in [3.63, 3.8) is 0 Å². The van der Waals surface area contributed by atoms with Crippen molar-refractivity contribution in [2.24, 2.45) is 17.6 Å². The van der Waals surface area contributed by atoms with Crippen molar-refractivity contribution in [3.8, 4) is 0 Å². The molecule has 0 heterocycles. The first-order valence-corrected chi connectivity index (χ1v) is 6.21. The molecule has 0 aliphatic rings. The predicted molar refractivity (Wildman–Crippen MR) is 67.1 cm³/mol. The molecule has 0 saturated carbocycles. The Balaban J connectivity index is 4.45. The van der Waals surface area contributed by atoms with Gasteiger partial charge in [0.25, 0.3) is 0 Å². The molecule has 0 unspecified atom stereocenters. The van der Waals surface area contributed by atoms with Crippen molar-refractivity contribution in [1.82, 2.24) is 0 Å².